The van der Waals surface area contributed by atoms with Gasteiger partial charge in [0.15, 0.2) is 0 Å². The number of carbonyl (C=O) groups excluding carboxylic acids is 1. The highest BCUT2D eigenvalue weighted by Crippen LogP contribution is 2.27. The second kappa shape index (κ2) is 3.86. The molecule has 7 heteroatoms. The van der Waals surface area contributed by atoms with Gasteiger partial charge in [0.05, 0.1) is 21.7 Å². The minimum Gasteiger partial charge on any atom is -0.369 e. The van der Waals surface area contributed by atoms with Gasteiger partial charge in [-0.25, -0.2) is 0 Å². The standard InChI is InChI=1S/C9H7N3O3S/c10-9(13)4-7-6-3-5(12(14)15)1-2-8(6)16-11-7/h1-3H,4H2,(H2,10,13). The molecule has 0 spiro atoms. The quantitative estimate of drug-likeness (QED) is 0.641. The van der Waals surface area contributed by atoms with Crippen LogP contribution in [0.5, 0.6) is 0 Å². The summed E-state index contributed by atoms with van der Waals surface area (Å²) in [6.45, 7) is 0. The molecule has 0 atom stereocenters. The molecule has 1 amide bonds. The maximum atomic E-state index is 10.8. The molecule has 0 unspecified atom stereocenters. The smallest absolute Gasteiger partial charge is 0.270 e. The summed E-state index contributed by atoms with van der Waals surface area (Å²) in [7, 11) is 0. The Morgan fingerprint density at radius 1 is 1.56 bits per heavy atom. The van der Waals surface area contributed by atoms with Crippen LogP contribution in [-0.4, -0.2) is 15.2 Å². The summed E-state index contributed by atoms with van der Waals surface area (Å²) in [5, 5.41) is 11.2. The summed E-state index contributed by atoms with van der Waals surface area (Å²) >= 11 is 1.20. The number of primary amides is 1. The van der Waals surface area contributed by atoms with Crippen molar-refractivity contribution in [2.24, 2.45) is 5.73 Å². The molecule has 1 aromatic heterocycles. The van der Waals surface area contributed by atoms with Crippen molar-refractivity contribution in [3.8, 4) is 0 Å². The van der Waals surface area contributed by atoms with Crippen LogP contribution in [0.1, 0.15) is 5.69 Å². The summed E-state index contributed by atoms with van der Waals surface area (Å²) in [5.41, 5.74) is 5.55. The Hall–Kier alpha value is -2.02. The molecule has 0 aliphatic carbocycles. The minimum absolute atomic E-state index is 0.00116. The van der Waals surface area contributed by atoms with Crippen molar-refractivity contribution in [1.29, 1.82) is 0 Å². The predicted octanol–water partition coefficient (Wildman–Crippen LogP) is 1.23. The number of rotatable bonds is 3. The van der Waals surface area contributed by atoms with E-state index in [1.54, 1.807) is 6.07 Å². The topological polar surface area (TPSA) is 99.1 Å². The molecular weight excluding hydrogens is 230 g/mol. The highest BCUT2D eigenvalue weighted by atomic mass is 32.1. The number of hydrogen-bond donors (Lipinski definition) is 1. The second-order valence-corrected chi connectivity index (χ2v) is 4.01. The number of nitrogens with zero attached hydrogens (tertiary/aromatic N) is 2. The van der Waals surface area contributed by atoms with Crippen molar-refractivity contribution in [3.05, 3.63) is 34.0 Å². The number of non-ortho nitro benzene ring substituents is 1. The summed E-state index contributed by atoms with van der Waals surface area (Å²) in [5.74, 6) is -0.501. The Labute approximate surface area is 94.0 Å². The lowest BCUT2D eigenvalue weighted by Gasteiger charge is -1.94. The van der Waals surface area contributed by atoms with Crippen LogP contribution >= 0.6 is 11.5 Å². The first-order chi connectivity index (χ1) is 7.58. The molecule has 0 radical (unpaired) electrons. The fraction of sp³-hybridized carbons (Fsp3) is 0.111. The number of nitrogens with two attached hydrogens (primary N) is 1. The SMILES string of the molecule is NC(=O)Cc1nsc2ccc([N+](=O)[O-])cc12. The van der Waals surface area contributed by atoms with Crippen LogP contribution in [-0.2, 0) is 11.2 Å². The van der Waals surface area contributed by atoms with E-state index in [9.17, 15) is 14.9 Å². The number of hydrogen-bond acceptors (Lipinski definition) is 5. The number of benzene rings is 1. The van der Waals surface area contributed by atoms with Crippen molar-refractivity contribution >= 4 is 33.2 Å². The van der Waals surface area contributed by atoms with Gasteiger partial charge in [0.1, 0.15) is 0 Å². The maximum Gasteiger partial charge on any atom is 0.270 e. The van der Waals surface area contributed by atoms with E-state index in [0.29, 0.717) is 11.1 Å². The van der Waals surface area contributed by atoms with Gasteiger partial charge < -0.3 is 5.73 Å². The van der Waals surface area contributed by atoms with Crippen LogP contribution in [0.4, 0.5) is 5.69 Å². The highest BCUT2D eigenvalue weighted by Gasteiger charge is 2.13. The van der Waals surface area contributed by atoms with Gasteiger partial charge in [0, 0.05) is 17.5 Å². The Morgan fingerprint density at radius 3 is 2.94 bits per heavy atom. The van der Waals surface area contributed by atoms with E-state index in [4.69, 9.17) is 5.73 Å². The molecule has 0 saturated heterocycles. The van der Waals surface area contributed by atoms with Crippen molar-refractivity contribution in [1.82, 2.24) is 4.37 Å². The third-order valence-electron chi connectivity index (χ3n) is 2.08. The number of amides is 1. The fourth-order valence-electron chi connectivity index (χ4n) is 1.38. The number of carbonyl (C=O) groups is 1. The van der Waals surface area contributed by atoms with E-state index in [-0.39, 0.29) is 12.1 Å². The van der Waals surface area contributed by atoms with Gasteiger partial charge in [-0.2, -0.15) is 4.37 Å². The lowest BCUT2D eigenvalue weighted by atomic mass is 10.1. The molecular formula is C9H7N3O3S. The van der Waals surface area contributed by atoms with Gasteiger partial charge in [-0.3, -0.25) is 14.9 Å². The van der Waals surface area contributed by atoms with E-state index in [0.717, 1.165) is 4.70 Å². The zero-order valence-electron chi connectivity index (χ0n) is 8.04. The molecule has 2 rings (SSSR count). The van der Waals surface area contributed by atoms with Gasteiger partial charge in [-0.15, -0.1) is 0 Å². The van der Waals surface area contributed by atoms with Gasteiger partial charge in [-0.05, 0) is 17.6 Å². The third kappa shape index (κ3) is 1.84. The monoisotopic (exact) mass is 237 g/mol. The molecule has 82 valence electrons. The van der Waals surface area contributed by atoms with E-state index in [1.807, 2.05) is 0 Å². The van der Waals surface area contributed by atoms with E-state index >= 15 is 0 Å². The van der Waals surface area contributed by atoms with Crippen molar-refractivity contribution in [2.45, 2.75) is 6.42 Å². The maximum absolute atomic E-state index is 10.8. The molecule has 16 heavy (non-hydrogen) atoms. The molecule has 2 N–H and O–H groups in total. The Bertz CT molecular complexity index is 578. The summed E-state index contributed by atoms with van der Waals surface area (Å²) in [4.78, 5) is 20.9. The number of aromatic nitrogens is 1. The molecule has 0 fully saturated rings. The Morgan fingerprint density at radius 2 is 2.31 bits per heavy atom. The van der Waals surface area contributed by atoms with Crippen LogP contribution in [0, 0.1) is 10.1 Å². The van der Waals surface area contributed by atoms with Crippen molar-refractivity contribution in [3.63, 3.8) is 0 Å². The molecule has 0 bridgehead atoms. The summed E-state index contributed by atoms with van der Waals surface area (Å²) in [6, 6.07) is 4.45. The number of nitro groups is 1. The second-order valence-electron chi connectivity index (χ2n) is 3.21. The van der Waals surface area contributed by atoms with Crippen LogP contribution in [0.15, 0.2) is 18.2 Å². The summed E-state index contributed by atoms with van der Waals surface area (Å²) in [6.07, 6.45) is 0.00116. The third-order valence-corrected chi connectivity index (χ3v) is 2.95. The molecule has 2 aromatic rings. The number of fused-ring (bicyclic) bond motifs is 1. The van der Waals surface area contributed by atoms with E-state index in [2.05, 4.69) is 4.37 Å². The Balaban J connectivity index is 2.55. The highest BCUT2D eigenvalue weighted by molar-refractivity contribution is 7.13. The van der Waals surface area contributed by atoms with Crippen LogP contribution in [0.3, 0.4) is 0 Å². The molecule has 0 aliphatic heterocycles. The lowest BCUT2D eigenvalue weighted by Crippen LogP contribution is -2.13. The molecule has 1 heterocycles. The normalized spacial score (nSPS) is 10.5. The van der Waals surface area contributed by atoms with Crippen LogP contribution in [0.25, 0.3) is 10.1 Å². The van der Waals surface area contributed by atoms with Crippen molar-refractivity contribution in [2.75, 3.05) is 0 Å². The first kappa shape index (κ1) is 10.5. The first-order valence-corrected chi connectivity index (χ1v) is 5.16. The predicted molar refractivity (Wildman–Crippen MR) is 59.2 cm³/mol. The summed E-state index contributed by atoms with van der Waals surface area (Å²) < 4.78 is 4.86. The van der Waals surface area contributed by atoms with E-state index < -0.39 is 10.8 Å². The first-order valence-electron chi connectivity index (χ1n) is 4.39. The lowest BCUT2D eigenvalue weighted by molar-refractivity contribution is -0.384. The van der Waals surface area contributed by atoms with E-state index in [1.165, 1.54) is 23.7 Å². The fourth-order valence-corrected chi connectivity index (χ4v) is 2.16. The van der Waals surface area contributed by atoms with Gasteiger partial charge in [0.25, 0.3) is 5.69 Å². The molecule has 1 aromatic carbocycles. The zero-order valence-corrected chi connectivity index (χ0v) is 8.86. The average molecular weight is 237 g/mol. The molecule has 6 nitrogen and oxygen atoms in total. The number of nitro benzene ring substituents is 1. The zero-order chi connectivity index (χ0) is 11.7. The van der Waals surface area contributed by atoms with Gasteiger partial charge in [0.2, 0.25) is 5.91 Å². The molecule has 0 aliphatic rings. The minimum atomic E-state index is -0.501. The van der Waals surface area contributed by atoms with Crippen LogP contribution in [0.2, 0.25) is 0 Å². The Kier molecular flexibility index (Phi) is 2.53. The largest absolute Gasteiger partial charge is 0.369 e. The van der Waals surface area contributed by atoms with Crippen molar-refractivity contribution < 1.29 is 9.72 Å². The van der Waals surface area contributed by atoms with Gasteiger partial charge in [-0.1, -0.05) is 0 Å². The van der Waals surface area contributed by atoms with Crippen LogP contribution < -0.4 is 5.73 Å². The average Bonchev–Trinajstić information content (AvgIpc) is 2.60. The molecule has 0 saturated carbocycles. The van der Waals surface area contributed by atoms with Gasteiger partial charge >= 0.3 is 0 Å².